The highest BCUT2D eigenvalue weighted by Gasteiger charge is 2.62. The molecule has 0 spiro atoms. The molecule has 0 amide bonds. The average molecular weight is 373 g/mol. The first-order valence-electron chi connectivity index (χ1n) is 8.88. The van der Waals surface area contributed by atoms with Crippen molar-refractivity contribution in [3.8, 4) is 0 Å². The van der Waals surface area contributed by atoms with Crippen molar-refractivity contribution in [3.63, 3.8) is 0 Å². The van der Waals surface area contributed by atoms with E-state index in [0.717, 1.165) is 26.7 Å². The third kappa shape index (κ3) is 2.87. The minimum Gasteiger partial charge on any atom is -0.544 e. The molecule has 4 aliphatic rings. The van der Waals surface area contributed by atoms with Crippen molar-refractivity contribution in [3.05, 3.63) is 0 Å². The van der Waals surface area contributed by atoms with Crippen molar-refractivity contribution in [2.45, 2.75) is 70.5 Å². The molecule has 0 N–H and O–H groups in total. The number of esters is 2. The molecular formula is C18H23F2O6-. The van der Waals surface area contributed by atoms with Crippen molar-refractivity contribution >= 4 is 17.9 Å². The van der Waals surface area contributed by atoms with Gasteiger partial charge in [0.25, 0.3) is 0 Å². The molecule has 2 unspecified atom stereocenters. The normalized spacial score (nSPS) is 35.9. The van der Waals surface area contributed by atoms with Gasteiger partial charge < -0.3 is 19.4 Å². The molecule has 6 nitrogen and oxygen atoms in total. The second-order valence-corrected chi connectivity index (χ2v) is 8.59. The zero-order valence-electron chi connectivity index (χ0n) is 15.1. The number of halogens is 2. The monoisotopic (exact) mass is 373 g/mol. The zero-order chi connectivity index (χ0) is 19.5. The van der Waals surface area contributed by atoms with Crippen LogP contribution in [0, 0.1) is 23.2 Å². The molecule has 4 bridgehead atoms. The number of carbonyl (C=O) groups is 3. The van der Waals surface area contributed by atoms with Gasteiger partial charge in [-0.1, -0.05) is 0 Å². The minimum atomic E-state index is -4.30. The van der Waals surface area contributed by atoms with Crippen molar-refractivity contribution in [1.29, 1.82) is 0 Å². The Labute approximate surface area is 150 Å². The third-order valence-electron chi connectivity index (χ3n) is 6.28. The average Bonchev–Trinajstić information content (AvgIpc) is 2.49. The molecule has 4 rings (SSSR count). The molecule has 4 aliphatic carbocycles. The Kier molecular flexibility index (Phi) is 4.31. The van der Waals surface area contributed by atoms with Gasteiger partial charge in [-0.15, -0.1) is 0 Å². The molecule has 0 aliphatic heterocycles. The second kappa shape index (κ2) is 5.89. The van der Waals surface area contributed by atoms with E-state index in [1.54, 1.807) is 0 Å². The fourth-order valence-electron chi connectivity index (χ4n) is 5.26. The van der Waals surface area contributed by atoms with Gasteiger partial charge in [0.15, 0.2) is 5.60 Å². The summed E-state index contributed by atoms with van der Waals surface area (Å²) in [4.78, 5) is 34.9. The predicted octanol–water partition coefficient (Wildman–Crippen LogP) is 1.45. The second-order valence-electron chi connectivity index (χ2n) is 8.59. The van der Waals surface area contributed by atoms with E-state index in [1.165, 1.54) is 6.92 Å². The van der Waals surface area contributed by atoms with Crippen LogP contribution >= 0.6 is 0 Å². The fraction of sp³-hybridized carbons (Fsp3) is 0.833. The molecule has 0 aromatic heterocycles. The number of carboxylic acids is 1. The number of alkyl halides is 2. The SMILES string of the molecule is CC(=O)OC1C2CC3CC1CC(C(=O)OC(C)(C)C(F)(F)C(=O)[O-])(C3)C2. The fourth-order valence-corrected chi connectivity index (χ4v) is 5.26. The Balaban J connectivity index is 1.79. The summed E-state index contributed by atoms with van der Waals surface area (Å²) >= 11 is 0. The Bertz CT molecular complexity index is 628. The van der Waals surface area contributed by atoms with Gasteiger partial charge in [-0.25, -0.2) is 0 Å². The molecular weight excluding hydrogens is 350 g/mol. The van der Waals surface area contributed by atoms with Crippen LogP contribution in [0.1, 0.15) is 52.9 Å². The quantitative estimate of drug-likeness (QED) is 0.677. The maximum Gasteiger partial charge on any atom is 0.325 e. The number of aliphatic carboxylic acids is 1. The summed E-state index contributed by atoms with van der Waals surface area (Å²) < 4.78 is 38.2. The summed E-state index contributed by atoms with van der Waals surface area (Å²) in [6.45, 7) is 3.10. The van der Waals surface area contributed by atoms with Crippen LogP contribution in [0.5, 0.6) is 0 Å². The van der Waals surface area contributed by atoms with Crippen LogP contribution in [-0.2, 0) is 23.9 Å². The predicted molar refractivity (Wildman–Crippen MR) is 81.7 cm³/mol. The van der Waals surface area contributed by atoms with Gasteiger partial charge in [0, 0.05) is 6.92 Å². The topological polar surface area (TPSA) is 92.7 Å². The highest BCUT2D eigenvalue weighted by atomic mass is 19.3. The van der Waals surface area contributed by atoms with Crippen LogP contribution in [0.4, 0.5) is 8.78 Å². The standard InChI is InChI=1S/C18H24F2O6/c1-9(21)25-13-11-4-10-5-12(13)8-17(6-10,7-11)15(24)26-16(2,3)18(19,20)14(22)23/h10-13H,4-8H2,1-3H3,(H,22,23)/p-1. The molecule has 4 fully saturated rings. The maximum atomic E-state index is 13.9. The van der Waals surface area contributed by atoms with Crippen molar-refractivity contribution in [2.24, 2.45) is 23.2 Å². The molecule has 2 atom stereocenters. The van der Waals surface area contributed by atoms with Crippen molar-refractivity contribution in [1.82, 2.24) is 0 Å². The number of rotatable bonds is 5. The largest absolute Gasteiger partial charge is 0.544 e. The van der Waals surface area contributed by atoms with Gasteiger partial charge in [-0.3, -0.25) is 9.59 Å². The van der Waals surface area contributed by atoms with E-state index in [2.05, 4.69) is 0 Å². The Morgan fingerprint density at radius 2 is 1.62 bits per heavy atom. The first-order chi connectivity index (χ1) is 11.9. The van der Waals surface area contributed by atoms with Crippen LogP contribution in [0.2, 0.25) is 0 Å². The molecule has 8 heteroatoms. The van der Waals surface area contributed by atoms with Gasteiger partial charge in [0.05, 0.1) is 5.41 Å². The lowest BCUT2D eigenvalue weighted by atomic mass is 9.48. The van der Waals surface area contributed by atoms with E-state index in [1.807, 2.05) is 0 Å². The van der Waals surface area contributed by atoms with Gasteiger partial charge in [0.2, 0.25) is 0 Å². The van der Waals surface area contributed by atoms with E-state index >= 15 is 0 Å². The van der Waals surface area contributed by atoms with Gasteiger partial charge in [-0.05, 0) is 63.7 Å². The summed E-state index contributed by atoms with van der Waals surface area (Å²) in [7, 11) is 0. The molecule has 0 radical (unpaired) electrons. The van der Waals surface area contributed by atoms with Crippen molar-refractivity contribution < 1.29 is 37.7 Å². The Morgan fingerprint density at radius 3 is 2.08 bits per heavy atom. The number of ether oxygens (including phenoxy) is 2. The highest BCUT2D eigenvalue weighted by molar-refractivity contribution is 5.80. The lowest BCUT2D eigenvalue weighted by molar-refractivity contribution is -0.342. The van der Waals surface area contributed by atoms with Crippen LogP contribution in [0.3, 0.4) is 0 Å². The summed E-state index contributed by atoms with van der Waals surface area (Å²) in [5.74, 6) is -7.76. The third-order valence-corrected chi connectivity index (χ3v) is 6.28. The molecule has 146 valence electrons. The van der Waals surface area contributed by atoms with E-state index in [0.29, 0.717) is 19.3 Å². The molecule has 4 saturated carbocycles. The van der Waals surface area contributed by atoms with Gasteiger partial charge in [0.1, 0.15) is 12.1 Å². The summed E-state index contributed by atoms with van der Waals surface area (Å²) in [5.41, 5.74) is -3.42. The number of carboxylic acid groups (broad SMARTS) is 1. The van der Waals surface area contributed by atoms with Crippen molar-refractivity contribution in [2.75, 3.05) is 0 Å². The minimum absolute atomic E-state index is 0.00228. The molecule has 0 aromatic carbocycles. The molecule has 0 aromatic rings. The van der Waals surface area contributed by atoms with Crippen LogP contribution in [-0.4, -0.2) is 35.5 Å². The zero-order valence-corrected chi connectivity index (χ0v) is 15.1. The first-order valence-corrected chi connectivity index (χ1v) is 8.88. The van der Waals surface area contributed by atoms with E-state index < -0.39 is 28.9 Å². The Hall–Kier alpha value is -1.73. The maximum absolute atomic E-state index is 13.9. The molecule has 0 heterocycles. The van der Waals surface area contributed by atoms with Gasteiger partial charge >= 0.3 is 17.9 Å². The lowest BCUT2D eigenvalue weighted by Gasteiger charge is -2.58. The smallest absolute Gasteiger partial charge is 0.325 e. The van der Waals surface area contributed by atoms with Crippen LogP contribution in [0.15, 0.2) is 0 Å². The summed E-state index contributed by atoms with van der Waals surface area (Å²) in [6.07, 6.45) is 2.78. The van der Waals surface area contributed by atoms with E-state index in [9.17, 15) is 28.3 Å². The van der Waals surface area contributed by atoms with Crippen LogP contribution < -0.4 is 5.11 Å². The number of hydrogen-bond acceptors (Lipinski definition) is 6. The molecule has 0 saturated heterocycles. The summed E-state index contributed by atoms with van der Waals surface area (Å²) in [6, 6.07) is 0. The lowest BCUT2D eigenvalue weighted by Crippen LogP contribution is -2.61. The first kappa shape index (κ1) is 19.0. The molecule has 26 heavy (non-hydrogen) atoms. The van der Waals surface area contributed by atoms with Gasteiger partial charge in [-0.2, -0.15) is 8.78 Å². The Morgan fingerprint density at radius 1 is 1.08 bits per heavy atom. The highest BCUT2D eigenvalue weighted by Crippen LogP contribution is 2.61. The van der Waals surface area contributed by atoms with E-state index in [-0.39, 0.29) is 29.8 Å². The number of hydrogen-bond donors (Lipinski definition) is 0. The number of carbonyl (C=O) groups excluding carboxylic acids is 3. The summed E-state index contributed by atoms with van der Waals surface area (Å²) in [5, 5.41) is 10.7. The van der Waals surface area contributed by atoms with Crippen LogP contribution in [0.25, 0.3) is 0 Å². The van der Waals surface area contributed by atoms with E-state index in [4.69, 9.17) is 9.47 Å².